The lowest BCUT2D eigenvalue weighted by Crippen LogP contribution is -2.53. The first-order valence-electron chi connectivity index (χ1n) is 13.0. The van der Waals surface area contributed by atoms with Gasteiger partial charge in [0.25, 0.3) is 0 Å². The molecule has 0 radical (unpaired) electrons. The van der Waals surface area contributed by atoms with Crippen molar-refractivity contribution in [3.8, 4) is 0 Å². The maximum atomic E-state index is 12.8. The van der Waals surface area contributed by atoms with Gasteiger partial charge in [-0.25, -0.2) is 0 Å². The fraction of sp³-hybridized carbons (Fsp3) is 0.800. The maximum Gasteiger partial charge on any atom is 0.243 e. The van der Waals surface area contributed by atoms with Gasteiger partial charge in [-0.3, -0.25) is 28.9 Å². The lowest BCUT2D eigenvalue weighted by Gasteiger charge is -2.25. The third-order valence-corrected chi connectivity index (χ3v) is 6.16. The van der Waals surface area contributed by atoms with Gasteiger partial charge < -0.3 is 30.7 Å². The summed E-state index contributed by atoms with van der Waals surface area (Å²) in [6, 6.07) is -1.58. The van der Waals surface area contributed by atoms with Crippen LogP contribution < -0.4 is 21.3 Å². The van der Waals surface area contributed by atoms with E-state index < -0.39 is 35.4 Å². The van der Waals surface area contributed by atoms with Crippen LogP contribution in [-0.2, 0) is 33.4 Å². The van der Waals surface area contributed by atoms with Crippen molar-refractivity contribution in [2.45, 2.75) is 65.1 Å². The number of ketones is 1. The van der Waals surface area contributed by atoms with Crippen LogP contribution in [-0.4, -0.2) is 105 Å². The zero-order valence-electron chi connectivity index (χ0n) is 22.7. The molecule has 0 aromatic carbocycles. The standard InChI is InChI=1S/C25H43N5O7/c1-16(2)10-18(23(34)25(5)15-37-25)28-21(32)13-27-24(35)19(11-17(3)4)29-20(31)12-26-22(33)14-30-6-8-36-9-7-30/h16-19H,6-15H2,1-5H3,(H,26,33)(H,27,35)(H,28,32)(H,29,31)/t18-,19?,25?/m0/s1. The molecule has 0 spiro atoms. The van der Waals surface area contributed by atoms with Gasteiger partial charge in [0.1, 0.15) is 11.6 Å². The molecule has 2 aliphatic heterocycles. The number of hydrogen-bond acceptors (Lipinski definition) is 8. The second kappa shape index (κ2) is 14.4. The van der Waals surface area contributed by atoms with Crippen molar-refractivity contribution >= 4 is 29.4 Å². The molecule has 37 heavy (non-hydrogen) atoms. The van der Waals surface area contributed by atoms with E-state index in [4.69, 9.17) is 9.47 Å². The fourth-order valence-corrected chi connectivity index (χ4v) is 4.00. The first-order valence-corrected chi connectivity index (χ1v) is 13.0. The Balaban J connectivity index is 1.81. The summed E-state index contributed by atoms with van der Waals surface area (Å²) in [6.07, 6.45) is 0.811. The Kier molecular flexibility index (Phi) is 11.9. The molecular weight excluding hydrogens is 482 g/mol. The van der Waals surface area contributed by atoms with Crippen molar-refractivity contribution in [2.24, 2.45) is 11.8 Å². The highest BCUT2D eigenvalue weighted by molar-refractivity contribution is 5.97. The van der Waals surface area contributed by atoms with E-state index in [1.165, 1.54) is 0 Å². The Morgan fingerprint density at radius 2 is 1.32 bits per heavy atom. The SMILES string of the molecule is CC(C)CC(NC(=O)CNC(=O)CN1CCOCC1)C(=O)NCC(=O)N[C@@H](CC(C)C)C(=O)C1(C)CO1. The van der Waals surface area contributed by atoms with E-state index in [9.17, 15) is 24.0 Å². The Bertz CT molecular complexity index is 822. The highest BCUT2D eigenvalue weighted by atomic mass is 16.6. The number of hydrogen-bond donors (Lipinski definition) is 4. The number of ether oxygens (including phenoxy) is 2. The normalized spacial score (nSPS) is 21.2. The van der Waals surface area contributed by atoms with Crippen molar-refractivity contribution in [3.05, 3.63) is 0 Å². The number of nitrogens with one attached hydrogen (secondary N) is 4. The van der Waals surface area contributed by atoms with Crippen molar-refractivity contribution in [1.82, 2.24) is 26.2 Å². The molecule has 2 rings (SSSR count). The van der Waals surface area contributed by atoms with Crippen molar-refractivity contribution < 1.29 is 33.4 Å². The topological polar surface area (TPSA) is 158 Å². The summed E-state index contributed by atoms with van der Waals surface area (Å²) in [5.74, 6) is -1.71. The summed E-state index contributed by atoms with van der Waals surface area (Å²) < 4.78 is 10.5. The number of amides is 4. The molecule has 2 unspecified atom stereocenters. The van der Waals surface area contributed by atoms with Crippen LogP contribution in [0, 0.1) is 11.8 Å². The molecule has 2 heterocycles. The lowest BCUT2D eigenvalue weighted by atomic mass is 9.93. The molecule has 12 heteroatoms. The van der Waals surface area contributed by atoms with Gasteiger partial charge in [-0.1, -0.05) is 27.7 Å². The molecule has 0 aliphatic carbocycles. The van der Waals surface area contributed by atoms with Gasteiger partial charge in [-0.15, -0.1) is 0 Å². The van der Waals surface area contributed by atoms with Crippen LogP contribution in [0.5, 0.6) is 0 Å². The van der Waals surface area contributed by atoms with Crippen LogP contribution in [0.4, 0.5) is 0 Å². The van der Waals surface area contributed by atoms with Crippen molar-refractivity contribution in [3.63, 3.8) is 0 Å². The number of Topliss-reactive ketones (excluding diaryl/α,β-unsaturated/α-hetero) is 1. The predicted molar refractivity (Wildman–Crippen MR) is 135 cm³/mol. The number of rotatable bonds is 15. The van der Waals surface area contributed by atoms with Crippen LogP contribution in [0.1, 0.15) is 47.5 Å². The number of morpholine rings is 1. The predicted octanol–water partition coefficient (Wildman–Crippen LogP) is -1.03. The van der Waals surface area contributed by atoms with Crippen LogP contribution in [0.3, 0.4) is 0 Å². The summed E-state index contributed by atoms with van der Waals surface area (Å²) in [5.41, 5.74) is -0.861. The number of carbonyl (C=O) groups is 5. The lowest BCUT2D eigenvalue weighted by molar-refractivity contribution is -0.132. The molecule has 0 aromatic rings. The van der Waals surface area contributed by atoms with Crippen LogP contribution in [0.15, 0.2) is 0 Å². The molecule has 0 aromatic heterocycles. The van der Waals surface area contributed by atoms with E-state index in [-0.39, 0.29) is 43.2 Å². The summed E-state index contributed by atoms with van der Waals surface area (Å²) >= 11 is 0. The van der Waals surface area contributed by atoms with Gasteiger partial charge in [-0.05, 0) is 31.6 Å². The second-order valence-corrected chi connectivity index (χ2v) is 10.8. The molecule has 2 fully saturated rings. The average Bonchev–Trinajstić information content (AvgIpc) is 3.58. The van der Waals surface area contributed by atoms with E-state index in [0.29, 0.717) is 45.8 Å². The Morgan fingerprint density at radius 3 is 1.86 bits per heavy atom. The third-order valence-electron chi connectivity index (χ3n) is 6.16. The quantitative estimate of drug-likeness (QED) is 0.198. The maximum absolute atomic E-state index is 12.8. The van der Waals surface area contributed by atoms with E-state index in [1.54, 1.807) is 6.92 Å². The van der Waals surface area contributed by atoms with Crippen LogP contribution in [0.25, 0.3) is 0 Å². The molecule has 0 bridgehead atoms. The van der Waals surface area contributed by atoms with E-state index in [1.807, 2.05) is 32.6 Å². The monoisotopic (exact) mass is 525 g/mol. The zero-order chi connectivity index (χ0) is 27.6. The van der Waals surface area contributed by atoms with Gasteiger partial charge in [-0.2, -0.15) is 0 Å². The molecule has 3 atom stereocenters. The average molecular weight is 526 g/mol. The van der Waals surface area contributed by atoms with E-state index >= 15 is 0 Å². The Labute approximate surface area is 218 Å². The molecule has 12 nitrogen and oxygen atoms in total. The van der Waals surface area contributed by atoms with Crippen molar-refractivity contribution in [1.29, 1.82) is 0 Å². The first kappa shape index (κ1) is 30.7. The minimum atomic E-state index is -0.872. The third kappa shape index (κ3) is 11.1. The highest BCUT2D eigenvalue weighted by Gasteiger charge is 2.50. The molecule has 4 amide bonds. The Hall–Kier alpha value is -2.57. The summed E-state index contributed by atoms with van der Waals surface area (Å²) in [5, 5.41) is 10.5. The molecular formula is C25H43N5O7. The van der Waals surface area contributed by atoms with Gasteiger partial charge in [0.2, 0.25) is 23.6 Å². The summed E-state index contributed by atoms with van der Waals surface area (Å²) in [6.45, 7) is 11.8. The van der Waals surface area contributed by atoms with Gasteiger partial charge >= 0.3 is 0 Å². The zero-order valence-corrected chi connectivity index (χ0v) is 22.7. The molecule has 4 N–H and O–H groups in total. The highest BCUT2D eigenvalue weighted by Crippen LogP contribution is 2.29. The van der Waals surface area contributed by atoms with Gasteiger partial charge in [0.15, 0.2) is 5.78 Å². The molecule has 210 valence electrons. The number of carbonyl (C=O) groups excluding carboxylic acids is 5. The largest absolute Gasteiger partial charge is 0.379 e. The molecule has 2 saturated heterocycles. The van der Waals surface area contributed by atoms with Crippen LogP contribution >= 0.6 is 0 Å². The van der Waals surface area contributed by atoms with E-state index in [0.717, 1.165) is 0 Å². The number of nitrogens with zero attached hydrogens (tertiary/aromatic N) is 1. The summed E-state index contributed by atoms with van der Waals surface area (Å²) in [4.78, 5) is 64.5. The second-order valence-electron chi connectivity index (χ2n) is 10.8. The van der Waals surface area contributed by atoms with Gasteiger partial charge in [0.05, 0.1) is 45.5 Å². The number of epoxide rings is 1. The fourth-order valence-electron chi connectivity index (χ4n) is 4.00. The summed E-state index contributed by atoms with van der Waals surface area (Å²) in [7, 11) is 0. The van der Waals surface area contributed by atoms with Crippen molar-refractivity contribution in [2.75, 3.05) is 52.5 Å². The Morgan fingerprint density at radius 1 is 0.811 bits per heavy atom. The molecule has 0 saturated carbocycles. The minimum absolute atomic E-state index is 0.0908. The first-order chi connectivity index (χ1) is 17.4. The van der Waals surface area contributed by atoms with E-state index in [2.05, 4.69) is 21.3 Å². The van der Waals surface area contributed by atoms with Gasteiger partial charge in [0, 0.05) is 13.1 Å². The minimum Gasteiger partial charge on any atom is -0.379 e. The van der Waals surface area contributed by atoms with Crippen LogP contribution in [0.2, 0.25) is 0 Å². The molecule has 2 aliphatic rings. The smallest absolute Gasteiger partial charge is 0.243 e.